The van der Waals surface area contributed by atoms with Crippen LogP contribution in [0.2, 0.25) is 0 Å². The van der Waals surface area contributed by atoms with Crippen molar-refractivity contribution < 1.29 is 5.11 Å². The third-order valence-electron chi connectivity index (χ3n) is 4.80. The number of nitrogens with zero attached hydrogens (tertiary/aromatic N) is 1. The van der Waals surface area contributed by atoms with Crippen LogP contribution in [0.3, 0.4) is 0 Å². The minimum Gasteiger partial charge on any atom is -0.393 e. The number of fused-ring (bicyclic) bond motifs is 1. The van der Waals surface area contributed by atoms with Gasteiger partial charge in [-0.15, -0.1) is 0 Å². The predicted octanol–water partition coefficient (Wildman–Crippen LogP) is 3.99. The molecule has 2 nitrogen and oxygen atoms in total. The number of hydrogen-bond donors (Lipinski definition) is 1. The highest BCUT2D eigenvalue weighted by molar-refractivity contribution is 5.81. The molecule has 1 aromatic carbocycles. The molecule has 2 saturated carbocycles. The zero-order valence-corrected chi connectivity index (χ0v) is 11.3. The molecule has 1 heterocycles. The van der Waals surface area contributed by atoms with Gasteiger partial charge >= 0.3 is 0 Å². The van der Waals surface area contributed by atoms with Crippen LogP contribution in [0.1, 0.15) is 56.2 Å². The summed E-state index contributed by atoms with van der Waals surface area (Å²) in [5, 5.41) is 11.1. The molecule has 2 aromatic rings. The summed E-state index contributed by atoms with van der Waals surface area (Å²) in [5.74, 6) is 0.791. The minimum absolute atomic E-state index is 0.0672. The average Bonchev–Trinajstić information content (AvgIpc) is 3.21. The van der Waals surface area contributed by atoms with E-state index in [-0.39, 0.29) is 6.10 Å². The Kier molecular flexibility index (Phi) is 2.66. The van der Waals surface area contributed by atoms with E-state index in [1.54, 1.807) is 5.69 Å². The second kappa shape index (κ2) is 4.38. The first-order chi connectivity index (χ1) is 9.33. The Balaban J connectivity index is 1.80. The Morgan fingerprint density at radius 3 is 2.42 bits per heavy atom. The molecule has 0 bridgehead atoms. The second-order valence-corrected chi connectivity index (χ2v) is 6.23. The maximum Gasteiger partial charge on any atom is 0.0541 e. The van der Waals surface area contributed by atoms with Crippen LogP contribution in [0, 0.1) is 0 Å². The highest BCUT2D eigenvalue weighted by atomic mass is 16.3. The molecule has 0 spiro atoms. The molecular formula is C17H21NO. The van der Waals surface area contributed by atoms with Crippen LogP contribution in [0.15, 0.2) is 30.3 Å². The molecule has 2 fully saturated rings. The van der Waals surface area contributed by atoms with Crippen LogP contribution in [-0.2, 0) is 0 Å². The van der Waals surface area contributed by atoms with E-state index in [9.17, 15) is 5.11 Å². The Hall–Kier alpha value is -1.28. The lowest BCUT2D eigenvalue weighted by atomic mass is 9.92. The SMILES string of the molecule is OC1CCC(n2c(C3CC3)cc3ccccc32)CC1. The van der Waals surface area contributed by atoms with Gasteiger partial charge in [0.15, 0.2) is 0 Å². The summed E-state index contributed by atoms with van der Waals surface area (Å²) in [6.45, 7) is 0. The summed E-state index contributed by atoms with van der Waals surface area (Å²) >= 11 is 0. The molecule has 0 amide bonds. The Labute approximate surface area is 114 Å². The van der Waals surface area contributed by atoms with Gasteiger partial charge in [0.25, 0.3) is 0 Å². The van der Waals surface area contributed by atoms with Gasteiger partial charge in [-0.1, -0.05) is 18.2 Å². The van der Waals surface area contributed by atoms with E-state index in [4.69, 9.17) is 0 Å². The standard InChI is InChI=1S/C17H21NO/c19-15-9-7-14(8-10-15)18-16-4-2-1-3-13(16)11-17(18)12-5-6-12/h1-4,11-12,14-15,19H,5-10H2. The van der Waals surface area contributed by atoms with Crippen LogP contribution in [-0.4, -0.2) is 15.8 Å². The van der Waals surface area contributed by atoms with Crippen molar-refractivity contribution in [3.8, 4) is 0 Å². The van der Waals surface area contributed by atoms with Crippen LogP contribution < -0.4 is 0 Å². The van der Waals surface area contributed by atoms with Gasteiger partial charge in [0, 0.05) is 17.3 Å². The molecule has 100 valence electrons. The molecule has 0 saturated heterocycles. The van der Waals surface area contributed by atoms with E-state index < -0.39 is 0 Å². The average molecular weight is 255 g/mol. The Morgan fingerprint density at radius 1 is 0.947 bits per heavy atom. The number of benzene rings is 1. The van der Waals surface area contributed by atoms with Gasteiger partial charge in [-0.05, 0) is 62.0 Å². The largest absolute Gasteiger partial charge is 0.393 e. The van der Waals surface area contributed by atoms with Gasteiger partial charge in [-0.2, -0.15) is 0 Å². The molecular weight excluding hydrogens is 234 g/mol. The molecule has 2 aliphatic rings. The molecule has 0 atom stereocenters. The normalized spacial score (nSPS) is 27.8. The minimum atomic E-state index is -0.0672. The van der Waals surface area contributed by atoms with Crippen molar-refractivity contribution in [1.82, 2.24) is 4.57 Å². The fraction of sp³-hybridized carbons (Fsp3) is 0.529. The van der Waals surface area contributed by atoms with Crippen molar-refractivity contribution in [3.63, 3.8) is 0 Å². The van der Waals surface area contributed by atoms with E-state index in [1.807, 2.05) is 0 Å². The molecule has 2 heteroatoms. The van der Waals surface area contributed by atoms with Gasteiger partial charge in [-0.3, -0.25) is 0 Å². The lowest BCUT2D eigenvalue weighted by Gasteiger charge is -2.29. The fourth-order valence-corrected chi connectivity index (χ4v) is 3.61. The highest BCUT2D eigenvalue weighted by Gasteiger charge is 2.31. The first kappa shape index (κ1) is 11.5. The molecule has 4 rings (SSSR count). The quantitative estimate of drug-likeness (QED) is 0.862. The van der Waals surface area contributed by atoms with Gasteiger partial charge in [-0.25, -0.2) is 0 Å². The summed E-state index contributed by atoms with van der Waals surface area (Å²) in [7, 11) is 0. The lowest BCUT2D eigenvalue weighted by Crippen LogP contribution is -2.22. The summed E-state index contributed by atoms with van der Waals surface area (Å²) in [6.07, 6.45) is 6.81. The van der Waals surface area contributed by atoms with Crippen molar-refractivity contribution in [2.75, 3.05) is 0 Å². The maximum absolute atomic E-state index is 9.72. The third-order valence-corrected chi connectivity index (χ3v) is 4.80. The van der Waals surface area contributed by atoms with Gasteiger partial charge < -0.3 is 9.67 Å². The molecule has 2 aliphatic carbocycles. The highest BCUT2D eigenvalue weighted by Crippen LogP contribution is 2.45. The predicted molar refractivity (Wildman–Crippen MR) is 77.4 cm³/mol. The summed E-state index contributed by atoms with van der Waals surface area (Å²) in [5.41, 5.74) is 2.94. The molecule has 19 heavy (non-hydrogen) atoms. The summed E-state index contributed by atoms with van der Waals surface area (Å²) < 4.78 is 2.60. The number of aliphatic hydroxyl groups excluding tert-OH is 1. The zero-order valence-electron chi connectivity index (χ0n) is 11.3. The zero-order chi connectivity index (χ0) is 12.8. The van der Waals surface area contributed by atoms with E-state index in [2.05, 4.69) is 34.9 Å². The third kappa shape index (κ3) is 1.99. The van der Waals surface area contributed by atoms with E-state index in [0.717, 1.165) is 31.6 Å². The maximum atomic E-state index is 9.72. The van der Waals surface area contributed by atoms with Crippen LogP contribution >= 0.6 is 0 Å². The monoisotopic (exact) mass is 255 g/mol. The number of hydrogen-bond acceptors (Lipinski definition) is 1. The molecule has 1 aromatic heterocycles. The topological polar surface area (TPSA) is 25.2 Å². The summed E-state index contributed by atoms with van der Waals surface area (Å²) in [6, 6.07) is 11.8. The second-order valence-electron chi connectivity index (χ2n) is 6.23. The first-order valence-corrected chi connectivity index (χ1v) is 7.61. The van der Waals surface area contributed by atoms with E-state index in [0.29, 0.717) is 6.04 Å². The smallest absolute Gasteiger partial charge is 0.0541 e. The van der Waals surface area contributed by atoms with Crippen molar-refractivity contribution >= 4 is 10.9 Å². The van der Waals surface area contributed by atoms with Crippen molar-refractivity contribution in [2.45, 2.75) is 56.6 Å². The molecule has 0 radical (unpaired) electrons. The van der Waals surface area contributed by atoms with Crippen molar-refractivity contribution in [2.24, 2.45) is 0 Å². The Morgan fingerprint density at radius 2 is 1.68 bits per heavy atom. The number of aromatic nitrogens is 1. The number of aliphatic hydroxyl groups is 1. The van der Waals surface area contributed by atoms with Crippen LogP contribution in [0.4, 0.5) is 0 Å². The van der Waals surface area contributed by atoms with Gasteiger partial charge in [0.2, 0.25) is 0 Å². The molecule has 0 aliphatic heterocycles. The van der Waals surface area contributed by atoms with Crippen LogP contribution in [0.5, 0.6) is 0 Å². The fourth-order valence-electron chi connectivity index (χ4n) is 3.61. The molecule has 0 unspecified atom stereocenters. The first-order valence-electron chi connectivity index (χ1n) is 7.61. The summed E-state index contributed by atoms with van der Waals surface area (Å²) in [4.78, 5) is 0. The lowest BCUT2D eigenvalue weighted by molar-refractivity contribution is 0.111. The number of para-hydroxylation sites is 1. The van der Waals surface area contributed by atoms with Crippen molar-refractivity contribution in [3.05, 3.63) is 36.0 Å². The van der Waals surface area contributed by atoms with Crippen molar-refractivity contribution in [1.29, 1.82) is 0 Å². The molecule has 1 N–H and O–H groups in total. The number of rotatable bonds is 2. The van der Waals surface area contributed by atoms with E-state index in [1.165, 1.54) is 23.7 Å². The van der Waals surface area contributed by atoms with Gasteiger partial charge in [0.1, 0.15) is 0 Å². The Bertz CT molecular complexity index is 588. The van der Waals surface area contributed by atoms with Crippen LogP contribution in [0.25, 0.3) is 10.9 Å². The van der Waals surface area contributed by atoms with E-state index >= 15 is 0 Å². The van der Waals surface area contributed by atoms with Gasteiger partial charge in [0.05, 0.1) is 6.10 Å².